The summed E-state index contributed by atoms with van der Waals surface area (Å²) in [6.45, 7) is 2.18. The Bertz CT molecular complexity index is 254. The van der Waals surface area contributed by atoms with Crippen molar-refractivity contribution in [1.82, 2.24) is 10.3 Å². The minimum Gasteiger partial charge on any atom is -0.394 e. The van der Waals surface area contributed by atoms with E-state index in [2.05, 4.69) is 10.3 Å². The number of nitrogens with one attached hydrogen (secondary N) is 1. The summed E-state index contributed by atoms with van der Waals surface area (Å²) < 4.78 is 0. The summed E-state index contributed by atoms with van der Waals surface area (Å²) in [6, 6.07) is 3.99. The monoisotopic (exact) mass is 196 g/mol. The number of hydrogen-bond acceptors (Lipinski definition) is 4. The van der Waals surface area contributed by atoms with Gasteiger partial charge in [0.25, 0.3) is 0 Å². The average molecular weight is 196 g/mol. The van der Waals surface area contributed by atoms with Crippen LogP contribution in [0.1, 0.15) is 18.5 Å². The van der Waals surface area contributed by atoms with Crippen LogP contribution in [0.4, 0.5) is 0 Å². The van der Waals surface area contributed by atoms with Gasteiger partial charge in [-0.3, -0.25) is 4.98 Å². The van der Waals surface area contributed by atoms with Crippen molar-refractivity contribution in [3.63, 3.8) is 0 Å². The van der Waals surface area contributed by atoms with Gasteiger partial charge in [0.1, 0.15) is 0 Å². The van der Waals surface area contributed by atoms with Crippen molar-refractivity contribution in [2.24, 2.45) is 0 Å². The number of aliphatic hydroxyl groups excluding tert-OH is 2. The summed E-state index contributed by atoms with van der Waals surface area (Å²) in [5, 5.41) is 20.9. The molecule has 2 atom stereocenters. The fraction of sp³-hybridized carbons (Fsp3) is 0.500. The summed E-state index contributed by atoms with van der Waals surface area (Å²) in [7, 11) is 0. The molecule has 1 unspecified atom stereocenters. The molecule has 0 bridgehead atoms. The zero-order chi connectivity index (χ0) is 10.4. The Morgan fingerprint density at radius 1 is 1.43 bits per heavy atom. The second-order valence-corrected chi connectivity index (χ2v) is 3.25. The van der Waals surface area contributed by atoms with Gasteiger partial charge in [0.2, 0.25) is 0 Å². The molecule has 0 aliphatic carbocycles. The largest absolute Gasteiger partial charge is 0.394 e. The van der Waals surface area contributed by atoms with E-state index in [0.29, 0.717) is 6.54 Å². The standard InChI is InChI=1S/C10H16N2O2/c1-8(12-6-10(14)7-13)9-2-4-11-5-3-9/h2-5,8,10,12-14H,6-7H2,1H3/t8-,10?/m1/s1. The van der Waals surface area contributed by atoms with Crippen LogP contribution < -0.4 is 5.32 Å². The van der Waals surface area contributed by atoms with Crippen LogP contribution in [-0.4, -0.2) is 34.5 Å². The third-order valence-corrected chi connectivity index (χ3v) is 2.08. The fourth-order valence-corrected chi connectivity index (χ4v) is 1.15. The summed E-state index contributed by atoms with van der Waals surface area (Å²) in [6.07, 6.45) is 2.77. The Kier molecular flexibility index (Phi) is 4.52. The SMILES string of the molecule is C[C@@H](NCC(O)CO)c1ccncc1. The van der Waals surface area contributed by atoms with Crippen LogP contribution in [-0.2, 0) is 0 Å². The molecule has 1 rings (SSSR count). The minimum absolute atomic E-state index is 0.152. The maximum Gasteiger partial charge on any atom is 0.0895 e. The molecule has 1 heterocycles. The van der Waals surface area contributed by atoms with Crippen molar-refractivity contribution in [1.29, 1.82) is 0 Å². The minimum atomic E-state index is -0.695. The van der Waals surface area contributed by atoms with Gasteiger partial charge in [0.15, 0.2) is 0 Å². The molecule has 0 aliphatic rings. The van der Waals surface area contributed by atoms with Crippen molar-refractivity contribution in [2.45, 2.75) is 19.1 Å². The van der Waals surface area contributed by atoms with Gasteiger partial charge in [-0.15, -0.1) is 0 Å². The first-order valence-corrected chi connectivity index (χ1v) is 4.66. The van der Waals surface area contributed by atoms with E-state index in [1.165, 1.54) is 0 Å². The number of aromatic nitrogens is 1. The highest BCUT2D eigenvalue weighted by Gasteiger charge is 2.06. The number of aliphatic hydroxyl groups is 2. The van der Waals surface area contributed by atoms with Gasteiger partial charge >= 0.3 is 0 Å². The molecule has 14 heavy (non-hydrogen) atoms. The highest BCUT2D eigenvalue weighted by atomic mass is 16.3. The maximum atomic E-state index is 9.13. The molecule has 1 aromatic heterocycles. The summed E-state index contributed by atoms with van der Waals surface area (Å²) in [5.41, 5.74) is 1.12. The van der Waals surface area contributed by atoms with Gasteiger partial charge < -0.3 is 15.5 Å². The predicted octanol–water partition coefficient (Wildman–Crippen LogP) is 0.0854. The molecular formula is C10H16N2O2. The van der Waals surface area contributed by atoms with Gasteiger partial charge in [-0.05, 0) is 24.6 Å². The van der Waals surface area contributed by atoms with Crippen LogP contribution in [0.2, 0.25) is 0 Å². The number of hydrogen-bond donors (Lipinski definition) is 3. The number of pyridine rings is 1. The lowest BCUT2D eigenvalue weighted by molar-refractivity contribution is 0.0924. The van der Waals surface area contributed by atoms with Gasteiger partial charge in [-0.25, -0.2) is 0 Å². The van der Waals surface area contributed by atoms with E-state index in [4.69, 9.17) is 10.2 Å². The van der Waals surface area contributed by atoms with Crippen molar-refractivity contribution in [2.75, 3.05) is 13.2 Å². The maximum absolute atomic E-state index is 9.13. The first-order chi connectivity index (χ1) is 6.74. The Labute approximate surface area is 83.6 Å². The molecule has 0 saturated carbocycles. The van der Waals surface area contributed by atoms with E-state index < -0.39 is 6.10 Å². The Morgan fingerprint density at radius 2 is 2.07 bits per heavy atom. The second-order valence-electron chi connectivity index (χ2n) is 3.25. The van der Waals surface area contributed by atoms with E-state index in [1.54, 1.807) is 12.4 Å². The Morgan fingerprint density at radius 3 is 2.64 bits per heavy atom. The van der Waals surface area contributed by atoms with Gasteiger partial charge in [-0.2, -0.15) is 0 Å². The smallest absolute Gasteiger partial charge is 0.0895 e. The molecule has 0 radical (unpaired) electrons. The third kappa shape index (κ3) is 3.41. The highest BCUT2D eigenvalue weighted by Crippen LogP contribution is 2.09. The number of rotatable bonds is 5. The van der Waals surface area contributed by atoms with E-state index in [-0.39, 0.29) is 12.6 Å². The van der Waals surface area contributed by atoms with E-state index in [9.17, 15) is 0 Å². The van der Waals surface area contributed by atoms with Gasteiger partial charge in [0, 0.05) is 25.0 Å². The van der Waals surface area contributed by atoms with Crippen LogP contribution in [0, 0.1) is 0 Å². The molecule has 4 heteroatoms. The highest BCUT2D eigenvalue weighted by molar-refractivity contribution is 5.13. The number of nitrogens with zero attached hydrogens (tertiary/aromatic N) is 1. The third-order valence-electron chi connectivity index (χ3n) is 2.08. The van der Waals surface area contributed by atoms with Crippen molar-refractivity contribution in [3.8, 4) is 0 Å². The van der Waals surface area contributed by atoms with Crippen LogP contribution in [0.25, 0.3) is 0 Å². The zero-order valence-corrected chi connectivity index (χ0v) is 8.22. The topological polar surface area (TPSA) is 65.4 Å². The predicted molar refractivity (Wildman–Crippen MR) is 53.7 cm³/mol. The van der Waals surface area contributed by atoms with Crippen LogP contribution >= 0.6 is 0 Å². The second kappa shape index (κ2) is 5.70. The lowest BCUT2D eigenvalue weighted by Gasteiger charge is -2.15. The Balaban J connectivity index is 2.39. The van der Waals surface area contributed by atoms with Crippen LogP contribution in [0.15, 0.2) is 24.5 Å². The molecule has 4 nitrogen and oxygen atoms in total. The summed E-state index contributed by atoms with van der Waals surface area (Å²) in [5.74, 6) is 0. The van der Waals surface area contributed by atoms with Crippen LogP contribution in [0.3, 0.4) is 0 Å². The lowest BCUT2D eigenvalue weighted by Crippen LogP contribution is -2.31. The molecule has 0 fully saturated rings. The van der Waals surface area contributed by atoms with Crippen molar-refractivity contribution in [3.05, 3.63) is 30.1 Å². The lowest BCUT2D eigenvalue weighted by atomic mass is 10.1. The molecule has 0 aliphatic heterocycles. The van der Waals surface area contributed by atoms with E-state index in [0.717, 1.165) is 5.56 Å². The van der Waals surface area contributed by atoms with Gasteiger partial charge in [-0.1, -0.05) is 0 Å². The molecule has 78 valence electrons. The summed E-state index contributed by atoms with van der Waals surface area (Å²) >= 11 is 0. The fourth-order valence-electron chi connectivity index (χ4n) is 1.15. The molecule has 0 amide bonds. The first kappa shape index (κ1) is 11.1. The first-order valence-electron chi connectivity index (χ1n) is 4.66. The molecule has 1 aromatic rings. The quantitative estimate of drug-likeness (QED) is 0.624. The molecule has 0 spiro atoms. The normalized spacial score (nSPS) is 15.1. The van der Waals surface area contributed by atoms with Gasteiger partial charge in [0.05, 0.1) is 12.7 Å². The van der Waals surface area contributed by atoms with Crippen molar-refractivity contribution < 1.29 is 10.2 Å². The molecule has 0 aromatic carbocycles. The average Bonchev–Trinajstić information content (AvgIpc) is 2.26. The zero-order valence-electron chi connectivity index (χ0n) is 8.22. The summed E-state index contributed by atoms with van der Waals surface area (Å²) in [4.78, 5) is 3.92. The van der Waals surface area contributed by atoms with Crippen LogP contribution in [0.5, 0.6) is 0 Å². The molecule has 0 saturated heterocycles. The van der Waals surface area contributed by atoms with E-state index >= 15 is 0 Å². The Hall–Kier alpha value is -0.970. The molecule has 3 N–H and O–H groups in total. The van der Waals surface area contributed by atoms with E-state index in [1.807, 2.05) is 19.1 Å². The van der Waals surface area contributed by atoms with Crippen molar-refractivity contribution >= 4 is 0 Å². The molecular weight excluding hydrogens is 180 g/mol.